The van der Waals surface area contributed by atoms with Crippen molar-refractivity contribution in [3.8, 4) is 0 Å². The summed E-state index contributed by atoms with van der Waals surface area (Å²) in [5.41, 5.74) is 2.70. The highest BCUT2D eigenvalue weighted by atomic mass is 35.5. The minimum Gasteiger partial charge on any atom is -0.309 e. The van der Waals surface area contributed by atoms with Crippen molar-refractivity contribution in [2.45, 2.75) is 33.2 Å². The molecule has 0 aliphatic heterocycles. The minimum absolute atomic E-state index is 0. The van der Waals surface area contributed by atoms with Gasteiger partial charge in [-0.2, -0.15) is 5.10 Å². The molecule has 2 heterocycles. The van der Waals surface area contributed by atoms with E-state index < -0.39 is 0 Å². The predicted molar refractivity (Wildman–Crippen MR) is 119 cm³/mol. The summed E-state index contributed by atoms with van der Waals surface area (Å²) in [5.74, 6) is -0.0448. The Kier molecular flexibility index (Phi) is 7.57. The molecular formula is C20H28ClN5OS. The van der Waals surface area contributed by atoms with Crippen LogP contribution < -0.4 is 4.90 Å². The number of halogens is 1. The van der Waals surface area contributed by atoms with E-state index in [1.54, 1.807) is 28.3 Å². The highest BCUT2D eigenvalue weighted by Gasteiger charge is 2.25. The largest absolute Gasteiger partial charge is 0.309 e. The van der Waals surface area contributed by atoms with Gasteiger partial charge in [0.15, 0.2) is 5.13 Å². The molecule has 0 radical (unpaired) electrons. The third-order valence-electron chi connectivity index (χ3n) is 4.45. The number of hydrogen-bond donors (Lipinski definition) is 0. The zero-order valence-electron chi connectivity index (χ0n) is 17.0. The molecule has 1 aromatic carbocycles. The zero-order valence-corrected chi connectivity index (χ0v) is 18.7. The number of para-hydroxylation sites is 1. The van der Waals surface area contributed by atoms with Crippen molar-refractivity contribution in [1.29, 1.82) is 0 Å². The lowest BCUT2D eigenvalue weighted by atomic mass is 10.2. The maximum Gasteiger partial charge on any atom is 0.278 e. The number of benzene rings is 1. The molecule has 0 N–H and O–H groups in total. The maximum atomic E-state index is 13.4. The molecule has 0 unspecified atom stereocenters. The third kappa shape index (κ3) is 4.71. The Hall–Kier alpha value is -1.96. The Bertz CT molecular complexity index is 934. The normalized spacial score (nSPS) is 11.2. The Morgan fingerprint density at radius 2 is 1.96 bits per heavy atom. The molecule has 0 atom stereocenters. The van der Waals surface area contributed by atoms with Crippen LogP contribution in [-0.4, -0.2) is 52.8 Å². The van der Waals surface area contributed by atoms with Crippen molar-refractivity contribution in [3.63, 3.8) is 0 Å². The molecule has 0 spiro atoms. The van der Waals surface area contributed by atoms with Crippen molar-refractivity contribution in [3.05, 3.63) is 41.7 Å². The van der Waals surface area contributed by atoms with Gasteiger partial charge in [-0.3, -0.25) is 14.4 Å². The fourth-order valence-corrected chi connectivity index (χ4v) is 4.12. The monoisotopic (exact) mass is 421 g/mol. The van der Waals surface area contributed by atoms with E-state index >= 15 is 0 Å². The summed E-state index contributed by atoms with van der Waals surface area (Å²) in [6, 6.07) is 8.06. The van der Waals surface area contributed by atoms with Crippen LogP contribution in [0.2, 0.25) is 0 Å². The van der Waals surface area contributed by atoms with E-state index in [1.165, 1.54) is 0 Å². The van der Waals surface area contributed by atoms with Crippen LogP contribution in [0, 0.1) is 6.92 Å². The van der Waals surface area contributed by atoms with E-state index in [4.69, 9.17) is 4.98 Å². The van der Waals surface area contributed by atoms with Crippen LogP contribution in [-0.2, 0) is 0 Å². The Balaban J connectivity index is 0.00000280. The van der Waals surface area contributed by atoms with Crippen LogP contribution in [0.25, 0.3) is 10.2 Å². The number of anilines is 1. The molecule has 0 saturated heterocycles. The van der Waals surface area contributed by atoms with E-state index in [9.17, 15) is 4.79 Å². The second-order valence-electron chi connectivity index (χ2n) is 7.29. The molecule has 152 valence electrons. The average Bonchev–Trinajstić information content (AvgIpc) is 3.25. The number of amides is 1. The van der Waals surface area contributed by atoms with Gasteiger partial charge in [0.25, 0.3) is 5.91 Å². The fourth-order valence-electron chi connectivity index (χ4n) is 3.05. The second-order valence-corrected chi connectivity index (χ2v) is 8.30. The molecule has 1 amide bonds. The highest BCUT2D eigenvalue weighted by molar-refractivity contribution is 7.22. The lowest BCUT2D eigenvalue weighted by Crippen LogP contribution is -2.35. The second kappa shape index (κ2) is 9.49. The molecule has 0 aliphatic rings. The highest BCUT2D eigenvalue weighted by Crippen LogP contribution is 2.31. The summed E-state index contributed by atoms with van der Waals surface area (Å²) < 4.78 is 2.88. The molecule has 0 aliphatic carbocycles. The van der Waals surface area contributed by atoms with Gasteiger partial charge in [0.05, 0.1) is 10.2 Å². The summed E-state index contributed by atoms with van der Waals surface area (Å²) >= 11 is 1.57. The van der Waals surface area contributed by atoms with Crippen molar-refractivity contribution in [2.75, 3.05) is 32.1 Å². The van der Waals surface area contributed by atoms with E-state index in [0.717, 1.165) is 33.9 Å². The standard InChI is InChI=1S/C20H27N5OS.ClH/c1-14(2)25-16(10-11-21-25)19(26)24(13-7-12-23(4)5)20-22-18-15(3)8-6-9-17(18)27-20;/h6,8-11,14H,7,12-13H2,1-5H3;1H. The Morgan fingerprint density at radius 3 is 2.61 bits per heavy atom. The van der Waals surface area contributed by atoms with Gasteiger partial charge in [-0.05, 0) is 65.5 Å². The molecule has 28 heavy (non-hydrogen) atoms. The van der Waals surface area contributed by atoms with Gasteiger partial charge in [0.1, 0.15) is 5.69 Å². The summed E-state index contributed by atoms with van der Waals surface area (Å²) in [7, 11) is 4.09. The SMILES string of the molecule is Cc1cccc2sc(N(CCCN(C)C)C(=O)c3ccnn3C(C)C)nc12.Cl. The van der Waals surface area contributed by atoms with E-state index in [0.29, 0.717) is 12.2 Å². The first-order valence-corrected chi connectivity index (χ1v) is 10.1. The molecule has 0 saturated carbocycles. The zero-order chi connectivity index (χ0) is 19.6. The molecule has 8 heteroatoms. The average molecular weight is 422 g/mol. The number of carbonyl (C=O) groups excluding carboxylic acids is 1. The van der Waals surface area contributed by atoms with Crippen LogP contribution in [0.15, 0.2) is 30.5 Å². The molecule has 6 nitrogen and oxygen atoms in total. The van der Waals surface area contributed by atoms with Crippen LogP contribution in [0.1, 0.15) is 42.4 Å². The molecule has 2 aromatic heterocycles. The van der Waals surface area contributed by atoms with Gasteiger partial charge >= 0.3 is 0 Å². The summed E-state index contributed by atoms with van der Waals surface area (Å²) in [6.07, 6.45) is 2.57. The van der Waals surface area contributed by atoms with Crippen LogP contribution >= 0.6 is 23.7 Å². The number of fused-ring (bicyclic) bond motifs is 1. The number of nitrogens with zero attached hydrogens (tertiary/aromatic N) is 5. The number of aryl methyl sites for hydroxylation is 1. The van der Waals surface area contributed by atoms with Crippen molar-refractivity contribution < 1.29 is 4.79 Å². The van der Waals surface area contributed by atoms with Gasteiger partial charge in [-0.25, -0.2) is 4.98 Å². The van der Waals surface area contributed by atoms with Crippen molar-refractivity contribution in [2.24, 2.45) is 0 Å². The van der Waals surface area contributed by atoms with Crippen LogP contribution in [0.5, 0.6) is 0 Å². The van der Waals surface area contributed by atoms with E-state index in [2.05, 4.69) is 29.1 Å². The summed E-state index contributed by atoms with van der Waals surface area (Å²) in [6.45, 7) is 7.65. The Morgan fingerprint density at radius 1 is 1.21 bits per heavy atom. The van der Waals surface area contributed by atoms with Crippen molar-refractivity contribution >= 4 is 45.0 Å². The smallest absolute Gasteiger partial charge is 0.278 e. The Labute approximate surface area is 176 Å². The van der Waals surface area contributed by atoms with Crippen LogP contribution in [0.3, 0.4) is 0 Å². The molecule has 0 fully saturated rings. The first kappa shape index (κ1) is 22.3. The van der Waals surface area contributed by atoms with Gasteiger partial charge in [0.2, 0.25) is 0 Å². The quantitative estimate of drug-likeness (QED) is 0.567. The minimum atomic E-state index is -0.0448. The van der Waals surface area contributed by atoms with E-state index in [1.807, 2.05) is 38.9 Å². The van der Waals surface area contributed by atoms with E-state index in [-0.39, 0.29) is 24.4 Å². The van der Waals surface area contributed by atoms with Gasteiger partial charge in [0, 0.05) is 18.8 Å². The maximum absolute atomic E-state index is 13.4. The third-order valence-corrected chi connectivity index (χ3v) is 5.49. The lowest BCUT2D eigenvalue weighted by molar-refractivity contribution is 0.0974. The van der Waals surface area contributed by atoms with Gasteiger partial charge in [-0.15, -0.1) is 12.4 Å². The van der Waals surface area contributed by atoms with Gasteiger partial charge in [-0.1, -0.05) is 23.5 Å². The van der Waals surface area contributed by atoms with Crippen molar-refractivity contribution in [1.82, 2.24) is 19.7 Å². The molecule has 3 rings (SSSR count). The molecular weight excluding hydrogens is 394 g/mol. The number of carbonyl (C=O) groups is 1. The molecule has 0 bridgehead atoms. The first-order chi connectivity index (χ1) is 12.9. The molecule has 3 aromatic rings. The first-order valence-electron chi connectivity index (χ1n) is 9.24. The fraction of sp³-hybridized carbons (Fsp3) is 0.450. The predicted octanol–water partition coefficient (Wildman–Crippen LogP) is 4.40. The summed E-state index contributed by atoms with van der Waals surface area (Å²) in [4.78, 5) is 22.1. The number of thiazole rings is 1. The number of hydrogen-bond acceptors (Lipinski definition) is 5. The number of aromatic nitrogens is 3. The van der Waals surface area contributed by atoms with Crippen LogP contribution in [0.4, 0.5) is 5.13 Å². The topological polar surface area (TPSA) is 54.3 Å². The summed E-state index contributed by atoms with van der Waals surface area (Å²) in [5, 5.41) is 5.07. The number of rotatable bonds is 7. The lowest BCUT2D eigenvalue weighted by Gasteiger charge is -2.22. The van der Waals surface area contributed by atoms with Gasteiger partial charge < -0.3 is 4.90 Å².